The zero-order chi connectivity index (χ0) is 16.7. The summed E-state index contributed by atoms with van der Waals surface area (Å²) in [6.45, 7) is 0.0520. The van der Waals surface area contributed by atoms with Gasteiger partial charge in [0.05, 0.1) is 17.7 Å². The molecule has 0 spiro atoms. The Morgan fingerprint density at radius 2 is 1.96 bits per heavy atom. The summed E-state index contributed by atoms with van der Waals surface area (Å²) in [5.74, 6) is -1.32. The van der Waals surface area contributed by atoms with Crippen LogP contribution in [-0.4, -0.2) is 24.5 Å². The van der Waals surface area contributed by atoms with Crippen molar-refractivity contribution in [2.45, 2.75) is 6.42 Å². The van der Waals surface area contributed by atoms with E-state index in [9.17, 15) is 9.18 Å². The van der Waals surface area contributed by atoms with Gasteiger partial charge in [-0.15, -0.1) is 0 Å². The topological polar surface area (TPSA) is 79.5 Å². The fourth-order valence-corrected chi connectivity index (χ4v) is 1.88. The van der Waals surface area contributed by atoms with Gasteiger partial charge in [0.25, 0.3) is 0 Å². The normalized spacial score (nSPS) is 10.1. The Balaban J connectivity index is 2.00. The average Bonchev–Trinajstić information content (AvgIpc) is 2.56. The Morgan fingerprint density at radius 1 is 1.22 bits per heavy atom. The predicted octanol–water partition coefficient (Wildman–Crippen LogP) is 2.43. The van der Waals surface area contributed by atoms with Crippen molar-refractivity contribution in [1.29, 1.82) is 5.26 Å². The maximum Gasteiger partial charge on any atom is 0.343 e. The molecule has 2 aromatic carbocycles. The molecule has 0 aliphatic carbocycles. The van der Waals surface area contributed by atoms with Crippen LogP contribution >= 0.6 is 0 Å². The van der Waals surface area contributed by atoms with E-state index in [0.29, 0.717) is 18.6 Å². The largest absolute Gasteiger partial charge is 0.423 e. The van der Waals surface area contributed by atoms with Crippen LogP contribution in [0.4, 0.5) is 4.39 Å². The molecule has 0 aliphatic heterocycles. The number of halogens is 1. The van der Waals surface area contributed by atoms with Crippen LogP contribution in [-0.2, 0) is 11.2 Å². The van der Waals surface area contributed by atoms with Gasteiger partial charge in [0.1, 0.15) is 24.4 Å². The molecule has 0 saturated heterocycles. The van der Waals surface area contributed by atoms with Gasteiger partial charge in [0.15, 0.2) is 0 Å². The van der Waals surface area contributed by atoms with Crippen molar-refractivity contribution in [3.05, 3.63) is 65.0 Å². The highest BCUT2D eigenvalue weighted by Gasteiger charge is 2.10. The molecule has 0 radical (unpaired) electrons. The number of carbonyl (C=O) groups excluding carboxylic acids is 1. The molecular formula is C17H14FNO4. The number of aliphatic hydroxyl groups excluding tert-OH is 1. The summed E-state index contributed by atoms with van der Waals surface area (Å²) >= 11 is 0. The molecule has 0 atom stereocenters. The quantitative estimate of drug-likeness (QED) is 0.383. The summed E-state index contributed by atoms with van der Waals surface area (Å²) in [4.78, 5) is 12.0. The standard InChI is InChI=1S/C17H14FNO4/c18-16-9-15(6-5-14(16)10-19)23-17(21)13-3-1-12(2-4-13)7-8-22-11-20/h1-6,9,20H,7-8,11H2. The molecule has 118 valence electrons. The second-order valence-electron chi connectivity index (χ2n) is 4.63. The summed E-state index contributed by atoms with van der Waals surface area (Å²) < 4.78 is 23.4. The summed E-state index contributed by atoms with van der Waals surface area (Å²) in [5.41, 5.74) is 1.15. The van der Waals surface area contributed by atoms with Crippen molar-refractivity contribution < 1.29 is 23.8 Å². The van der Waals surface area contributed by atoms with Crippen molar-refractivity contribution in [2.24, 2.45) is 0 Å². The van der Waals surface area contributed by atoms with Crippen molar-refractivity contribution in [3.63, 3.8) is 0 Å². The van der Waals surface area contributed by atoms with E-state index in [0.717, 1.165) is 11.6 Å². The molecule has 0 saturated carbocycles. The number of ether oxygens (including phenoxy) is 2. The fraction of sp³-hybridized carbons (Fsp3) is 0.176. The van der Waals surface area contributed by atoms with Crippen LogP contribution in [0.15, 0.2) is 42.5 Å². The van der Waals surface area contributed by atoms with Crippen LogP contribution in [0, 0.1) is 17.1 Å². The molecule has 0 fully saturated rings. The second-order valence-corrected chi connectivity index (χ2v) is 4.63. The van der Waals surface area contributed by atoms with Crippen molar-refractivity contribution >= 4 is 5.97 Å². The van der Waals surface area contributed by atoms with E-state index < -0.39 is 11.8 Å². The minimum Gasteiger partial charge on any atom is -0.423 e. The SMILES string of the molecule is N#Cc1ccc(OC(=O)c2ccc(CCOCO)cc2)cc1F. The summed E-state index contributed by atoms with van der Waals surface area (Å²) in [6, 6.07) is 12.0. The summed E-state index contributed by atoms with van der Waals surface area (Å²) in [5, 5.41) is 17.2. The third-order valence-corrected chi connectivity index (χ3v) is 3.09. The lowest BCUT2D eigenvalue weighted by Crippen LogP contribution is -2.09. The van der Waals surface area contributed by atoms with E-state index >= 15 is 0 Å². The van der Waals surface area contributed by atoms with E-state index in [4.69, 9.17) is 19.8 Å². The maximum absolute atomic E-state index is 13.5. The number of hydrogen-bond acceptors (Lipinski definition) is 5. The van der Waals surface area contributed by atoms with Gasteiger partial charge in [0, 0.05) is 6.07 Å². The minimum atomic E-state index is -0.739. The third kappa shape index (κ3) is 4.61. The number of rotatable bonds is 6. The molecule has 0 aliphatic rings. The molecule has 0 unspecified atom stereocenters. The second kappa shape index (κ2) is 8.03. The number of carbonyl (C=O) groups is 1. The molecule has 0 heterocycles. The van der Waals surface area contributed by atoms with Gasteiger partial charge in [-0.25, -0.2) is 9.18 Å². The smallest absolute Gasteiger partial charge is 0.343 e. The number of nitriles is 1. The Hall–Kier alpha value is -2.75. The first kappa shape index (κ1) is 16.6. The monoisotopic (exact) mass is 315 g/mol. The van der Waals surface area contributed by atoms with Gasteiger partial charge >= 0.3 is 5.97 Å². The molecule has 0 bridgehead atoms. The molecule has 0 amide bonds. The highest BCUT2D eigenvalue weighted by molar-refractivity contribution is 5.91. The van der Waals surface area contributed by atoms with Crippen molar-refractivity contribution in [3.8, 4) is 11.8 Å². The molecule has 5 nitrogen and oxygen atoms in total. The predicted molar refractivity (Wildman–Crippen MR) is 79.3 cm³/mol. The van der Waals surface area contributed by atoms with Crippen LogP contribution in [0.2, 0.25) is 0 Å². The van der Waals surface area contributed by atoms with Gasteiger partial charge in [-0.05, 0) is 36.2 Å². The summed E-state index contributed by atoms with van der Waals surface area (Å²) in [6.07, 6.45) is 0.608. The molecule has 6 heteroatoms. The first-order valence-electron chi connectivity index (χ1n) is 6.83. The third-order valence-electron chi connectivity index (χ3n) is 3.09. The summed E-state index contributed by atoms with van der Waals surface area (Å²) in [7, 11) is 0. The molecule has 0 aromatic heterocycles. The zero-order valence-corrected chi connectivity index (χ0v) is 12.2. The van der Waals surface area contributed by atoms with Gasteiger partial charge in [0.2, 0.25) is 0 Å². The fourth-order valence-electron chi connectivity index (χ4n) is 1.88. The highest BCUT2D eigenvalue weighted by Crippen LogP contribution is 2.17. The van der Waals surface area contributed by atoms with Gasteiger partial charge < -0.3 is 14.6 Å². The Labute approximate surface area is 132 Å². The lowest BCUT2D eigenvalue weighted by atomic mass is 10.1. The van der Waals surface area contributed by atoms with E-state index in [1.807, 2.05) is 0 Å². The minimum absolute atomic E-state index is 0.0342. The van der Waals surface area contributed by atoms with Crippen molar-refractivity contribution in [2.75, 3.05) is 13.4 Å². The lowest BCUT2D eigenvalue weighted by molar-refractivity contribution is 0.000269. The van der Waals surface area contributed by atoms with Crippen LogP contribution in [0.25, 0.3) is 0 Å². The Kier molecular flexibility index (Phi) is 5.80. The van der Waals surface area contributed by atoms with E-state index in [-0.39, 0.29) is 18.1 Å². The average molecular weight is 315 g/mol. The van der Waals surface area contributed by atoms with Gasteiger partial charge in [-0.3, -0.25) is 0 Å². The first-order valence-corrected chi connectivity index (χ1v) is 6.83. The van der Waals surface area contributed by atoms with E-state index in [1.165, 1.54) is 12.1 Å². The molecule has 2 rings (SSSR count). The van der Waals surface area contributed by atoms with E-state index in [2.05, 4.69) is 0 Å². The first-order chi connectivity index (χ1) is 11.1. The Morgan fingerprint density at radius 3 is 2.57 bits per heavy atom. The van der Waals surface area contributed by atoms with Crippen LogP contribution in [0.3, 0.4) is 0 Å². The molecule has 1 N–H and O–H groups in total. The van der Waals surface area contributed by atoms with Crippen molar-refractivity contribution in [1.82, 2.24) is 0 Å². The lowest BCUT2D eigenvalue weighted by Gasteiger charge is -2.06. The van der Waals surface area contributed by atoms with Crippen LogP contribution in [0.5, 0.6) is 5.75 Å². The zero-order valence-electron chi connectivity index (χ0n) is 12.2. The van der Waals surface area contributed by atoms with Crippen LogP contribution < -0.4 is 4.74 Å². The van der Waals surface area contributed by atoms with E-state index in [1.54, 1.807) is 30.3 Å². The number of nitrogens with zero attached hydrogens (tertiary/aromatic N) is 1. The molecular weight excluding hydrogens is 301 g/mol. The van der Waals surface area contributed by atoms with Crippen LogP contribution in [0.1, 0.15) is 21.5 Å². The highest BCUT2D eigenvalue weighted by atomic mass is 19.1. The number of hydrogen-bond donors (Lipinski definition) is 1. The maximum atomic E-state index is 13.5. The number of esters is 1. The molecule has 2 aromatic rings. The van der Waals surface area contributed by atoms with Gasteiger partial charge in [-0.2, -0.15) is 5.26 Å². The number of aliphatic hydroxyl groups is 1. The Bertz CT molecular complexity index is 722. The van der Waals surface area contributed by atoms with Gasteiger partial charge in [-0.1, -0.05) is 12.1 Å². The number of benzene rings is 2. The molecule has 23 heavy (non-hydrogen) atoms.